The maximum absolute atomic E-state index is 13.2. The van der Waals surface area contributed by atoms with Crippen LogP contribution in [0.2, 0.25) is 0 Å². The van der Waals surface area contributed by atoms with Crippen LogP contribution in [0.5, 0.6) is 5.75 Å². The van der Waals surface area contributed by atoms with Crippen LogP contribution < -0.4 is 5.32 Å². The summed E-state index contributed by atoms with van der Waals surface area (Å²) < 4.78 is 13.2. The summed E-state index contributed by atoms with van der Waals surface area (Å²) in [5.41, 5.74) is 3.32. The number of fused-ring (bicyclic) bond motifs is 1. The number of aromatic hydroxyl groups is 1. The minimum atomic E-state index is -0.316. The fourth-order valence-corrected chi connectivity index (χ4v) is 2.89. The van der Waals surface area contributed by atoms with Gasteiger partial charge >= 0.3 is 0 Å². The first kappa shape index (κ1) is 13.1. The van der Waals surface area contributed by atoms with E-state index < -0.39 is 0 Å². The van der Waals surface area contributed by atoms with Crippen LogP contribution >= 0.6 is 0 Å². The molecule has 0 aliphatic heterocycles. The fraction of sp³-hybridized carbons (Fsp3) is 0.294. The van der Waals surface area contributed by atoms with E-state index in [1.807, 2.05) is 0 Å². The molecule has 0 heterocycles. The van der Waals surface area contributed by atoms with Crippen LogP contribution in [0.25, 0.3) is 0 Å². The molecular weight excluding hydrogens is 253 g/mol. The Balaban J connectivity index is 1.75. The van der Waals surface area contributed by atoms with E-state index in [0.29, 0.717) is 12.1 Å². The molecule has 2 N–H and O–H groups in total. The standard InChI is InChI=1S/C17H18FNO/c18-14-8-9-17(20)13(10-14)11-19-16-7-3-5-12-4-1-2-6-15(12)16/h1-2,4,6,8-10,16,19-20H,3,5,7,11H2. The largest absolute Gasteiger partial charge is 0.508 e. The SMILES string of the molecule is Oc1ccc(F)cc1CNC1CCCc2ccccc21. The van der Waals surface area contributed by atoms with E-state index >= 15 is 0 Å². The third kappa shape index (κ3) is 2.68. The van der Waals surface area contributed by atoms with Crippen molar-refractivity contribution in [2.75, 3.05) is 0 Å². The van der Waals surface area contributed by atoms with Crippen LogP contribution in [-0.2, 0) is 13.0 Å². The second-order valence-electron chi connectivity index (χ2n) is 5.30. The molecule has 1 aliphatic rings. The summed E-state index contributed by atoms with van der Waals surface area (Å²) >= 11 is 0. The third-order valence-electron chi connectivity index (χ3n) is 3.95. The van der Waals surface area contributed by atoms with Gasteiger partial charge in [0.2, 0.25) is 0 Å². The minimum Gasteiger partial charge on any atom is -0.508 e. The summed E-state index contributed by atoms with van der Waals surface area (Å²) in [7, 11) is 0. The average Bonchev–Trinajstić information content (AvgIpc) is 2.48. The first-order valence-corrected chi connectivity index (χ1v) is 7.02. The van der Waals surface area contributed by atoms with E-state index in [2.05, 4.69) is 29.6 Å². The Morgan fingerprint density at radius 1 is 1.20 bits per heavy atom. The summed E-state index contributed by atoms with van der Waals surface area (Å²) in [4.78, 5) is 0. The number of phenols is 1. The zero-order valence-corrected chi connectivity index (χ0v) is 11.3. The van der Waals surface area contributed by atoms with Gasteiger partial charge in [-0.2, -0.15) is 0 Å². The van der Waals surface area contributed by atoms with Gasteiger partial charge in [-0.15, -0.1) is 0 Å². The van der Waals surface area contributed by atoms with E-state index in [4.69, 9.17) is 0 Å². The molecule has 0 aromatic heterocycles. The van der Waals surface area contributed by atoms with E-state index in [0.717, 1.165) is 19.3 Å². The van der Waals surface area contributed by atoms with Gasteiger partial charge < -0.3 is 10.4 Å². The average molecular weight is 271 g/mol. The van der Waals surface area contributed by atoms with Gasteiger partial charge in [-0.1, -0.05) is 24.3 Å². The fourth-order valence-electron chi connectivity index (χ4n) is 2.89. The van der Waals surface area contributed by atoms with Crippen molar-refractivity contribution in [3.63, 3.8) is 0 Å². The lowest BCUT2D eigenvalue weighted by atomic mass is 9.87. The van der Waals surface area contributed by atoms with Gasteiger partial charge in [0.1, 0.15) is 11.6 Å². The van der Waals surface area contributed by atoms with Crippen molar-refractivity contribution in [1.29, 1.82) is 0 Å². The van der Waals surface area contributed by atoms with Crippen LogP contribution in [0.1, 0.15) is 35.6 Å². The molecule has 1 aliphatic carbocycles. The van der Waals surface area contributed by atoms with Crippen LogP contribution in [0.4, 0.5) is 4.39 Å². The zero-order valence-electron chi connectivity index (χ0n) is 11.3. The van der Waals surface area contributed by atoms with Gasteiger partial charge in [0, 0.05) is 18.2 Å². The van der Waals surface area contributed by atoms with Gasteiger partial charge in [-0.3, -0.25) is 0 Å². The number of hydrogen-bond donors (Lipinski definition) is 2. The lowest BCUT2D eigenvalue weighted by Crippen LogP contribution is -2.24. The molecule has 2 aromatic carbocycles. The number of hydrogen-bond acceptors (Lipinski definition) is 2. The summed E-state index contributed by atoms with van der Waals surface area (Å²) in [6, 6.07) is 12.8. The number of nitrogens with one attached hydrogen (secondary N) is 1. The molecular formula is C17H18FNO. The molecule has 0 radical (unpaired) electrons. The molecule has 1 atom stereocenters. The van der Waals surface area contributed by atoms with Crippen molar-refractivity contribution in [1.82, 2.24) is 5.32 Å². The smallest absolute Gasteiger partial charge is 0.123 e. The summed E-state index contributed by atoms with van der Waals surface area (Å²) in [6.45, 7) is 0.475. The van der Waals surface area contributed by atoms with E-state index in [1.165, 1.54) is 29.3 Å². The monoisotopic (exact) mass is 271 g/mol. The third-order valence-corrected chi connectivity index (χ3v) is 3.95. The highest BCUT2D eigenvalue weighted by Gasteiger charge is 2.19. The van der Waals surface area contributed by atoms with Gasteiger partial charge in [0.05, 0.1) is 0 Å². The molecule has 2 nitrogen and oxygen atoms in total. The second-order valence-corrected chi connectivity index (χ2v) is 5.30. The molecule has 0 spiro atoms. The predicted octanol–water partition coefficient (Wildman–Crippen LogP) is 3.70. The Kier molecular flexibility index (Phi) is 3.70. The topological polar surface area (TPSA) is 32.3 Å². The maximum Gasteiger partial charge on any atom is 0.123 e. The van der Waals surface area contributed by atoms with Crippen LogP contribution in [-0.4, -0.2) is 5.11 Å². The summed E-state index contributed by atoms with van der Waals surface area (Å²) in [5, 5.41) is 13.2. The van der Waals surface area contributed by atoms with Crippen molar-refractivity contribution >= 4 is 0 Å². The molecule has 20 heavy (non-hydrogen) atoms. The maximum atomic E-state index is 13.2. The molecule has 0 fully saturated rings. The molecule has 0 saturated heterocycles. The highest BCUT2D eigenvalue weighted by molar-refractivity contribution is 5.34. The van der Waals surface area contributed by atoms with Gasteiger partial charge in [0.25, 0.3) is 0 Å². The summed E-state index contributed by atoms with van der Waals surface area (Å²) in [5.74, 6) is -0.174. The second kappa shape index (κ2) is 5.63. The normalized spacial score (nSPS) is 17.8. The van der Waals surface area contributed by atoms with Gasteiger partial charge in [-0.05, 0) is 48.6 Å². The van der Waals surface area contributed by atoms with Crippen molar-refractivity contribution < 1.29 is 9.50 Å². The van der Waals surface area contributed by atoms with Crippen molar-refractivity contribution in [3.8, 4) is 5.75 Å². The molecule has 0 bridgehead atoms. The molecule has 1 unspecified atom stereocenters. The number of halogens is 1. The molecule has 0 saturated carbocycles. The number of rotatable bonds is 3. The van der Waals surface area contributed by atoms with E-state index in [9.17, 15) is 9.50 Å². The Morgan fingerprint density at radius 3 is 2.95 bits per heavy atom. The Hall–Kier alpha value is -1.87. The quantitative estimate of drug-likeness (QED) is 0.892. The Morgan fingerprint density at radius 2 is 2.05 bits per heavy atom. The van der Waals surface area contributed by atoms with E-state index in [-0.39, 0.29) is 17.6 Å². The lowest BCUT2D eigenvalue weighted by molar-refractivity contribution is 0.435. The first-order chi connectivity index (χ1) is 9.74. The van der Waals surface area contributed by atoms with Crippen molar-refractivity contribution in [2.24, 2.45) is 0 Å². The Labute approximate surface area is 118 Å². The number of aryl methyl sites for hydroxylation is 1. The lowest BCUT2D eigenvalue weighted by Gasteiger charge is -2.26. The minimum absolute atomic E-state index is 0.142. The van der Waals surface area contributed by atoms with Crippen LogP contribution in [0.15, 0.2) is 42.5 Å². The first-order valence-electron chi connectivity index (χ1n) is 7.02. The predicted molar refractivity (Wildman–Crippen MR) is 77.0 cm³/mol. The zero-order chi connectivity index (χ0) is 13.9. The molecule has 3 heteroatoms. The van der Waals surface area contributed by atoms with Gasteiger partial charge in [0.15, 0.2) is 0 Å². The number of benzene rings is 2. The molecule has 104 valence electrons. The molecule has 2 aromatic rings. The molecule has 3 rings (SSSR count). The van der Waals surface area contributed by atoms with Crippen LogP contribution in [0, 0.1) is 5.82 Å². The van der Waals surface area contributed by atoms with Crippen molar-refractivity contribution in [2.45, 2.75) is 31.8 Å². The number of phenolic OH excluding ortho intramolecular Hbond substituents is 1. The highest BCUT2D eigenvalue weighted by atomic mass is 19.1. The summed E-state index contributed by atoms with van der Waals surface area (Å²) in [6.07, 6.45) is 3.36. The van der Waals surface area contributed by atoms with Crippen molar-refractivity contribution in [3.05, 3.63) is 65.0 Å². The van der Waals surface area contributed by atoms with Crippen LogP contribution in [0.3, 0.4) is 0 Å². The van der Waals surface area contributed by atoms with E-state index in [1.54, 1.807) is 0 Å². The van der Waals surface area contributed by atoms with Gasteiger partial charge in [-0.25, -0.2) is 4.39 Å². The molecule has 0 amide bonds. The Bertz CT molecular complexity index is 612. The highest BCUT2D eigenvalue weighted by Crippen LogP contribution is 2.30.